The molecular weight excluding hydrogens is 269 g/mol. The van der Waals surface area contributed by atoms with E-state index in [0.29, 0.717) is 13.1 Å². The molecule has 2 rings (SSSR count). The van der Waals surface area contributed by atoms with Crippen molar-refractivity contribution in [2.75, 3.05) is 6.54 Å². The molecule has 21 heavy (non-hydrogen) atoms. The number of hydrogen-bond donors (Lipinski definition) is 2. The standard InChI is InChI=1S/C17H22FNO2/c1-11(2)16(20)10-19-9-14-5-7-17(21-14)15-6-4-13(18)8-12(15)3/h4-8,11,16,19-20H,9-10H2,1-3H3. The topological polar surface area (TPSA) is 45.4 Å². The zero-order chi connectivity index (χ0) is 15.4. The van der Waals surface area contributed by atoms with Gasteiger partial charge in [0.05, 0.1) is 12.6 Å². The van der Waals surface area contributed by atoms with Crippen molar-refractivity contribution in [1.29, 1.82) is 0 Å². The van der Waals surface area contributed by atoms with E-state index in [-0.39, 0.29) is 17.8 Å². The van der Waals surface area contributed by atoms with Crippen LogP contribution in [-0.4, -0.2) is 17.8 Å². The smallest absolute Gasteiger partial charge is 0.134 e. The molecule has 1 unspecified atom stereocenters. The molecule has 3 nitrogen and oxygen atoms in total. The SMILES string of the molecule is Cc1cc(F)ccc1-c1ccc(CNCC(O)C(C)C)o1. The van der Waals surface area contributed by atoms with Gasteiger partial charge >= 0.3 is 0 Å². The molecule has 1 atom stereocenters. The summed E-state index contributed by atoms with van der Waals surface area (Å²) in [5, 5.41) is 12.9. The van der Waals surface area contributed by atoms with Crippen molar-refractivity contribution < 1.29 is 13.9 Å². The Morgan fingerprint density at radius 3 is 2.67 bits per heavy atom. The predicted molar refractivity (Wildman–Crippen MR) is 81.4 cm³/mol. The average Bonchev–Trinajstić information content (AvgIpc) is 2.87. The number of aliphatic hydroxyl groups is 1. The van der Waals surface area contributed by atoms with Gasteiger partial charge in [-0.25, -0.2) is 4.39 Å². The van der Waals surface area contributed by atoms with Crippen molar-refractivity contribution in [2.45, 2.75) is 33.4 Å². The molecular formula is C17H22FNO2. The number of hydrogen-bond acceptors (Lipinski definition) is 3. The Morgan fingerprint density at radius 2 is 2.00 bits per heavy atom. The van der Waals surface area contributed by atoms with Crippen LogP contribution in [0.15, 0.2) is 34.7 Å². The van der Waals surface area contributed by atoms with Gasteiger partial charge in [-0.1, -0.05) is 13.8 Å². The fourth-order valence-electron chi connectivity index (χ4n) is 2.10. The highest BCUT2D eigenvalue weighted by molar-refractivity contribution is 5.62. The number of halogens is 1. The Bertz CT molecular complexity index is 592. The molecule has 114 valence electrons. The van der Waals surface area contributed by atoms with Crippen LogP contribution in [0.1, 0.15) is 25.2 Å². The highest BCUT2D eigenvalue weighted by Crippen LogP contribution is 2.26. The second-order valence-electron chi connectivity index (χ2n) is 5.67. The van der Waals surface area contributed by atoms with Crippen LogP contribution in [0.5, 0.6) is 0 Å². The second kappa shape index (κ2) is 6.87. The van der Waals surface area contributed by atoms with Gasteiger partial charge in [0.2, 0.25) is 0 Å². The number of rotatable bonds is 6. The third kappa shape index (κ3) is 4.16. The number of furan rings is 1. The zero-order valence-corrected chi connectivity index (χ0v) is 12.7. The number of aliphatic hydroxyl groups excluding tert-OH is 1. The Balaban J connectivity index is 1.98. The Hall–Kier alpha value is -1.65. The van der Waals surface area contributed by atoms with Gasteiger partial charge in [-0.05, 0) is 48.7 Å². The van der Waals surface area contributed by atoms with E-state index in [1.165, 1.54) is 12.1 Å². The maximum Gasteiger partial charge on any atom is 0.134 e. The normalized spacial score (nSPS) is 12.9. The van der Waals surface area contributed by atoms with E-state index in [0.717, 1.165) is 22.6 Å². The number of nitrogens with one attached hydrogen (secondary N) is 1. The van der Waals surface area contributed by atoms with Gasteiger partial charge < -0.3 is 14.8 Å². The van der Waals surface area contributed by atoms with E-state index in [9.17, 15) is 9.50 Å². The molecule has 0 aliphatic rings. The second-order valence-corrected chi connectivity index (χ2v) is 5.67. The van der Waals surface area contributed by atoms with E-state index in [2.05, 4.69) is 5.32 Å². The highest BCUT2D eigenvalue weighted by Gasteiger charge is 2.10. The lowest BCUT2D eigenvalue weighted by molar-refractivity contribution is 0.123. The van der Waals surface area contributed by atoms with Crippen molar-refractivity contribution in [1.82, 2.24) is 5.32 Å². The van der Waals surface area contributed by atoms with Crippen molar-refractivity contribution in [3.05, 3.63) is 47.5 Å². The first-order valence-electron chi connectivity index (χ1n) is 7.21. The third-order valence-electron chi connectivity index (χ3n) is 3.54. The van der Waals surface area contributed by atoms with Gasteiger partial charge in [0.1, 0.15) is 17.3 Å². The van der Waals surface area contributed by atoms with Crippen LogP contribution in [0.2, 0.25) is 0 Å². The minimum atomic E-state index is -0.362. The fraction of sp³-hybridized carbons (Fsp3) is 0.412. The average molecular weight is 291 g/mol. The largest absolute Gasteiger partial charge is 0.460 e. The van der Waals surface area contributed by atoms with Crippen LogP contribution in [0.4, 0.5) is 4.39 Å². The number of benzene rings is 1. The van der Waals surface area contributed by atoms with Crippen LogP contribution < -0.4 is 5.32 Å². The molecule has 0 fully saturated rings. The minimum Gasteiger partial charge on any atom is -0.460 e. The van der Waals surface area contributed by atoms with E-state index in [1.54, 1.807) is 6.07 Å². The lowest BCUT2D eigenvalue weighted by Crippen LogP contribution is -2.30. The summed E-state index contributed by atoms with van der Waals surface area (Å²) in [6.45, 7) is 6.91. The Kier molecular flexibility index (Phi) is 5.15. The lowest BCUT2D eigenvalue weighted by Gasteiger charge is -2.14. The van der Waals surface area contributed by atoms with Gasteiger partial charge in [-0.15, -0.1) is 0 Å². The summed E-state index contributed by atoms with van der Waals surface area (Å²) in [4.78, 5) is 0. The van der Waals surface area contributed by atoms with E-state index in [1.807, 2.05) is 32.9 Å². The molecule has 0 bridgehead atoms. The molecule has 0 radical (unpaired) electrons. The molecule has 0 saturated heterocycles. The van der Waals surface area contributed by atoms with E-state index < -0.39 is 0 Å². The van der Waals surface area contributed by atoms with E-state index in [4.69, 9.17) is 4.42 Å². The van der Waals surface area contributed by atoms with Crippen LogP contribution in [0, 0.1) is 18.7 Å². The first kappa shape index (κ1) is 15.7. The summed E-state index contributed by atoms with van der Waals surface area (Å²) >= 11 is 0. The van der Waals surface area contributed by atoms with Crippen molar-refractivity contribution in [3.63, 3.8) is 0 Å². The lowest BCUT2D eigenvalue weighted by atomic mass is 10.1. The Labute approximate surface area is 124 Å². The minimum absolute atomic E-state index is 0.228. The first-order valence-corrected chi connectivity index (χ1v) is 7.21. The predicted octanol–water partition coefficient (Wildman–Crippen LogP) is 3.50. The summed E-state index contributed by atoms with van der Waals surface area (Å²) in [6, 6.07) is 8.43. The summed E-state index contributed by atoms with van der Waals surface area (Å²) < 4.78 is 18.9. The molecule has 4 heteroatoms. The maximum atomic E-state index is 13.1. The molecule has 2 N–H and O–H groups in total. The number of aryl methyl sites for hydroxylation is 1. The summed E-state index contributed by atoms with van der Waals surface area (Å²) in [5.41, 5.74) is 1.74. The fourth-order valence-corrected chi connectivity index (χ4v) is 2.10. The summed E-state index contributed by atoms with van der Waals surface area (Å²) in [6.07, 6.45) is -0.362. The molecule has 0 aliphatic heterocycles. The van der Waals surface area contributed by atoms with Gasteiger partial charge in [0, 0.05) is 12.1 Å². The molecule has 0 saturated carbocycles. The van der Waals surface area contributed by atoms with Gasteiger partial charge in [0.25, 0.3) is 0 Å². The van der Waals surface area contributed by atoms with Crippen LogP contribution >= 0.6 is 0 Å². The monoisotopic (exact) mass is 291 g/mol. The summed E-state index contributed by atoms with van der Waals surface area (Å²) in [5.74, 6) is 1.51. The van der Waals surface area contributed by atoms with Crippen molar-refractivity contribution in [2.24, 2.45) is 5.92 Å². The zero-order valence-electron chi connectivity index (χ0n) is 12.7. The molecule has 1 aromatic heterocycles. The maximum absolute atomic E-state index is 13.1. The van der Waals surface area contributed by atoms with E-state index >= 15 is 0 Å². The van der Waals surface area contributed by atoms with Gasteiger partial charge in [-0.3, -0.25) is 0 Å². The van der Waals surface area contributed by atoms with Gasteiger partial charge in [-0.2, -0.15) is 0 Å². The highest BCUT2D eigenvalue weighted by atomic mass is 19.1. The third-order valence-corrected chi connectivity index (χ3v) is 3.54. The quantitative estimate of drug-likeness (QED) is 0.856. The molecule has 0 aliphatic carbocycles. The van der Waals surface area contributed by atoms with Crippen molar-refractivity contribution >= 4 is 0 Å². The van der Waals surface area contributed by atoms with Crippen molar-refractivity contribution in [3.8, 4) is 11.3 Å². The Morgan fingerprint density at radius 1 is 1.24 bits per heavy atom. The molecule has 2 aromatic rings. The first-order chi connectivity index (χ1) is 9.97. The molecule has 1 heterocycles. The van der Waals surface area contributed by atoms with Crippen LogP contribution in [0.3, 0.4) is 0 Å². The van der Waals surface area contributed by atoms with Crippen LogP contribution in [-0.2, 0) is 6.54 Å². The van der Waals surface area contributed by atoms with Gasteiger partial charge in [0.15, 0.2) is 0 Å². The molecule has 0 spiro atoms. The molecule has 1 aromatic carbocycles. The summed E-state index contributed by atoms with van der Waals surface area (Å²) in [7, 11) is 0. The molecule has 0 amide bonds. The van der Waals surface area contributed by atoms with Crippen LogP contribution in [0.25, 0.3) is 11.3 Å².